The predicted octanol–water partition coefficient (Wildman–Crippen LogP) is 4.68. The van der Waals surface area contributed by atoms with Crippen molar-refractivity contribution in [1.29, 1.82) is 0 Å². The molecule has 3 heterocycles. The number of amides is 1. The number of alkyl halides is 6. The summed E-state index contributed by atoms with van der Waals surface area (Å²) in [6, 6.07) is 2.28. The SMILES string of the molecule is C[C@@H]1CN(C(=O)O)[C@@H](C)CN1C(c1ccc(C(F)(F)F)cn1)c1ccc(C(F)(F)F)cn1. The Bertz CT molecular complexity index is 889. The van der Waals surface area contributed by atoms with E-state index in [2.05, 4.69) is 9.97 Å². The standard InChI is InChI=1S/C20H20F6N4O2/c1-11-10-30(18(31)32)12(2)9-29(11)17(15-5-3-13(7-27-15)19(21,22)23)16-6-4-14(8-28-16)20(24,25)26/h3-8,11-12,17H,9-10H2,1-2H3,(H,31,32)/t11-,12+/m1/s1. The second kappa shape index (κ2) is 8.57. The van der Waals surface area contributed by atoms with Crippen LogP contribution in [0.2, 0.25) is 0 Å². The Kier molecular flexibility index (Phi) is 6.36. The van der Waals surface area contributed by atoms with E-state index in [4.69, 9.17) is 0 Å². The zero-order chi connectivity index (χ0) is 23.8. The van der Waals surface area contributed by atoms with Gasteiger partial charge in [0.2, 0.25) is 0 Å². The van der Waals surface area contributed by atoms with Crippen LogP contribution in [0.1, 0.15) is 42.4 Å². The van der Waals surface area contributed by atoms with Gasteiger partial charge in [-0.25, -0.2) is 4.79 Å². The molecule has 2 atom stereocenters. The quantitative estimate of drug-likeness (QED) is 0.672. The summed E-state index contributed by atoms with van der Waals surface area (Å²) in [4.78, 5) is 22.3. The number of nitrogens with zero attached hydrogens (tertiary/aromatic N) is 4. The fourth-order valence-electron chi connectivity index (χ4n) is 3.74. The molecular formula is C20H20F6N4O2. The smallest absolute Gasteiger partial charge is 0.417 e. The van der Waals surface area contributed by atoms with E-state index in [9.17, 15) is 36.2 Å². The molecule has 0 spiro atoms. The van der Waals surface area contributed by atoms with Crippen molar-refractivity contribution in [2.45, 2.75) is 44.3 Å². The lowest BCUT2D eigenvalue weighted by Crippen LogP contribution is -2.58. The van der Waals surface area contributed by atoms with Crippen molar-refractivity contribution in [3.05, 3.63) is 59.2 Å². The van der Waals surface area contributed by atoms with Crippen molar-refractivity contribution in [1.82, 2.24) is 19.8 Å². The summed E-state index contributed by atoms with van der Waals surface area (Å²) in [5.74, 6) is 0. The molecule has 0 unspecified atom stereocenters. The molecule has 1 amide bonds. The fraction of sp³-hybridized carbons (Fsp3) is 0.450. The monoisotopic (exact) mass is 462 g/mol. The molecule has 1 N–H and O–H groups in total. The Morgan fingerprint density at radius 3 is 1.72 bits per heavy atom. The van der Waals surface area contributed by atoms with Gasteiger partial charge in [0.05, 0.1) is 28.6 Å². The van der Waals surface area contributed by atoms with Crippen LogP contribution >= 0.6 is 0 Å². The van der Waals surface area contributed by atoms with Crippen molar-refractivity contribution < 1.29 is 36.2 Å². The van der Waals surface area contributed by atoms with Crippen molar-refractivity contribution in [2.75, 3.05) is 13.1 Å². The molecule has 174 valence electrons. The Hall–Kier alpha value is -2.89. The summed E-state index contributed by atoms with van der Waals surface area (Å²) in [7, 11) is 0. The molecular weight excluding hydrogens is 442 g/mol. The molecule has 0 bridgehead atoms. The molecule has 0 aliphatic carbocycles. The van der Waals surface area contributed by atoms with Gasteiger partial charge >= 0.3 is 18.4 Å². The summed E-state index contributed by atoms with van der Waals surface area (Å²) < 4.78 is 77.7. The summed E-state index contributed by atoms with van der Waals surface area (Å²) in [6.45, 7) is 3.69. The fourth-order valence-corrected chi connectivity index (χ4v) is 3.74. The molecule has 2 aromatic heterocycles. The first-order chi connectivity index (χ1) is 14.8. The maximum atomic E-state index is 13.0. The molecule has 0 radical (unpaired) electrons. The lowest BCUT2D eigenvalue weighted by molar-refractivity contribution is -0.138. The molecule has 0 saturated carbocycles. The number of pyridine rings is 2. The Labute approximate surface area is 179 Å². The van der Waals surface area contributed by atoms with Gasteiger partial charge < -0.3 is 10.0 Å². The molecule has 3 rings (SSSR count). The highest BCUT2D eigenvalue weighted by molar-refractivity contribution is 5.65. The van der Waals surface area contributed by atoms with Crippen LogP contribution in [-0.4, -0.2) is 56.1 Å². The van der Waals surface area contributed by atoms with Gasteiger partial charge in [0.15, 0.2) is 0 Å². The van der Waals surface area contributed by atoms with Crippen LogP contribution in [0.15, 0.2) is 36.7 Å². The zero-order valence-electron chi connectivity index (χ0n) is 17.0. The van der Waals surface area contributed by atoms with E-state index in [-0.39, 0.29) is 24.5 Å². The van der Waals surface area contributed by atoms with Gasteiger partial charge in [-0.1, -0.05) is 0 Å². The van der Waals surface area contributed by atoms with E-state index < -0.39 is 47.7 Å². The van der Waals surface area contributed by atoms with Crippen LogP contribution in [0, 0.1) is 0 Å². The van der Waals surface area contributed by atoms with E-state index in [1.807, 2.05) is 0 Å². The Morgan fingerprint density at radius 2 is 1.38 bits per heavy atom. The number of piperazine rings is 1. The molecule has 6 nitrogen and oxygen atoms in total. The number of carboxylic acid groups (broad SMARTS) is 1. The second-order valence-electron chi connectivity index (χ2n) is 7.67. The number of hydrogen-bond acceptors (Lipinski definition) is 4. The third kappa shape index (κ3) is 4.95. The Balaban J connectivity index is 2.03. The molecule has 32 heavy (non-hydrogen) atoms. The van der Waals surface area contributed by atoms with E-state index in [0.717, 1.165) is 24.3 Å². The number of rotatable bonds is 3. The van der Waals surface area contributed by atoms with Crippen molar-refractivity contribution in [2.24, 2.45) is 0 Å². The third-order valence-electron chi connectivity index (χ3n) is 5.40. The van der Waals surface area contributed by atoms with E-state index in [1.165, 1.54) is 4.90 Å². The lowest BCUT2D eigenvalue weighted by Gasteiger charge is -2.46. The second-order valence-corrected chi connectivity index (χ2v) is 7.67. The first kappa shape index (κ1) is 23.8. The van der Waals surface area contributed by atoms with Gasteiger partial charge in [-0.2, -0.15) is 26.3 Å². The third-order valence-corrected chi connectivity index (χ3v) is 5.40. The van der Waals surface area contributed by atoms with Crippen LogP contribution in [0.4, 0.5) is 31.1 Å². The van der Waals surface area contributed by atoms with Gasteiger partial charge in [0.1, 0.15) is 0 Å². The highest BCUT2D eigenvalue weighted by Gasteiger charge is 2.39. The zero-order valence-corrected chi connectivity index (χ0v) is 17.0. The minimum absolute atomic E-state index is 0.105. The molecule has 12 heteroatoms. The van der Waals surface area contributed by atoms with Gasteiger partial charge in [0.25, 0.3) is 0 Å². The van der Waals surface area contributed by atoms with Crippen LogP contribution in [0.25, 0.3) is 0 Å². The van der Waals surface area contributed by atoms with E-state index in [0.29, 0.717) is 12.4 Å². The molecule has 1 saturated heterocycles. The van der Waals surface area contributed by atoms with Crippen molar-refractivity contribution >= 4 is 6.09 Å². The molecule has 1 aliphatic rings. The number of carbonyl (C=O) groups is 1. The molecule has 0 aromatic carbocycles. The minimum atomic E-state index is -4.59. The summed E-state index contributed by atoms with van der Waals surface area (Å²) in [5.41, 5.74) is -1.60. The highest BCUT2D eigenvalue weighted by atomic mass is 19.4. The van der Waals surface area contributed by atoms with Crippen molar-refractivity contribution in [3.8, 4) is 0 Å². The summed E-state index contributed by atoms with van der Waals surface area (Å²) >= 11 is 0. The maximum absolute atomic E-state index is 13.0. The summed E-state index contributed by atoms with van der Waals surface area (Å²) in [6.07, 6.45) is -8.98. The Morgan fingerprint density at radius 1 is 0.906 bits per heavy atom. The topological polar surface area (TPSA) is 69.6 Å². The van der Waals surface area contributed by atoms with Crippen LogP contribution in [0.5, 0.6) is 0 Å². The number of halogens is 6. The molecule has 1 aliphatic heterocycles. The maximum Gasteiger partial charge on any atom is 0.417 e. The number of hydrogen-bond donors (Lipinski definition) is 1. The first-order valence-electron chi connectivity index (χ1n) is 9.60. The van der Waals surface area contributed by atoms with Crippen molar-refractivity contribution in [3.63, 3.8) is 0 Å². The highest BCUT2D eigenvalue weighted by Crippen LogP contribution is 2.35. The van der Waals surface area contributed by atoms with Gasteiger partial charge in [-0.05, 0) is 38.1 Å². The van der Waals surface area contributed by atoms with Crippen LogP contribution in [-0.2, 0) is 12.4 Å². The van der Waals surface area contributed by atoms with Gasteiger partial charge in [-0.15, -0.1) is 0 Å². The lowest BCUT2D eigenvalue weighted by atomic mass is 9.99. The largest absolute Gasteiger partial charge is 0.465 e. The van der Waals surface area contributed by atoms with E-state index >= 15 is 0 Å². The van der Waals surface area contributed by atoms with Gasteiger partial charge in [0, 0.05) is 37.6 Å². The number of aromatic nitrogens is 2. The van der Waals surface area contributed by atoms with Crippen LogP contribution < -0.4 is 0 Å². The normalized spacial score (nSPS) is 20.6. The van der Waals surface area contributed by atoms with E-state index in [1.54, 1.807) is 18.7 Å². The average Bonchev–Trinajstić information content (AvgIpc) is 2.70. The molecule has 1 fully saturated rings. The van der Waals surface area contributed by atoms with Crippen LogP contribution in [0.3, 0.4) is 0 Å². The summed E-state index contributed by atoms with van der Waals surface area (Å²) in [5, 5.41) is 9.37. The minimum Gasteiger partial charge on any atom is -0.465 e. The molecule has 2 aromatic rings. The first-order valence-corrected chi connectivity index (χ1v) is 9.60. The predicted molar refractivity (Wildman–Crippen MR) is 101 cm³/mol. The van der Waals surface area contributed by atoms with Gasteiger partial charge in [-0.3, -0.25) is 14.9 Å². The average molecular weight is 462 g/mol.